The van der Waals surface area contributed by atoms with E-state index in [1.54, 1.807) is 0 Å². The molecule has 94 valence electrons. The van der Waals surface area contributed by atoms with E-state index in [9.17, 15) is 14.4 Å². The van der Waals surface area contributed by atoms with E-state index < -0.39 is 11.8 Å². The Morgan fingerprint density at radius 3 is 1.53 bits per heavy atom. The summed E-state index contributed by atoms with van der Waals surface area (Å²) in [5.74, 6) is -1.26. The Bertz CT molecular complexity index is 302. The van der Waals surface area contributed by atoms with Gasteiger partial charge in [0.2, 0.25) is 0 Å². The van der Waals surface area contributed by atoms with E-state index in [0.717, 1.165) is 25.7 Å². The standard InChI is InChI=1S/C14H20O3/c15-12-9-13(16)11-8-6-4-2-1-3-5-7-10(12)14(11)17/h10-11H,1-9H2. The van der Waals surface area contributed by atoms with Gasteiger partial charge >= 0.3 is 0 Å². The van der Waals surface area contributed by atoms with Crippen LogP contribution in [0, 0.1) is 11.8 Å². The lowest BCUT2D eigenvalue weighted by molar-refractivity contribution is -0.145. The van der Waals surface area contributed by atoms with Crippen molar-refractivity contribution in [2.45, 2.75) is 57.8 Å². The van der Waals surface area contributed by atoms with Crippen LogP contribution < -0.4 is 0 Å². The monoisotopic (exact) mass is 236 g/mol. The number of carbonyl (C=O) groups is 3. The van der Waals surface area contributed by atoms with E-state index in [-0.39, 0.29) is 23.8 Å². The molecule has 0 saturated heterocycles. The van der Waals surface area contributed by atoms with Crippen LogP contribution in [0.2, 0.25) is 0 Å². The van der Waals surface area contributed by atoms with Gasteiger partial charge in [-0.15, -0.1) is 0 Å². The third kappa shape index (κ3) is 2.82. The van der Waals surface area contributed by atoms with E-state index in [1.165, 1.54) is 12.8 Å². The summed E-state index contributed by atoms with van der Waals surface area (Å²) in [6.07, 6.45) is 7.82. The van der Waals surface area contributed by atoms with E-state index in [4.69, 9.17) is 0 Å². The highest BCUT2D eigenvalue weighted by atomic mass is 16.2. The van der Waals surface area contributed by atoms with Crippen LogP contribution in [0.3, 0.4) is 0 Å². The summed E-state index contributed by atoms with van der Waals surface area (Å²) < 4.78 is 0. The van der Waals surface area contributed by atoms with E-state index in [0.29, 0.717) is 12.8 Å². The van der Waals surface area contributed by atoms with Crippen LogP contribution in [0.25, 0.3) is 0 Å². The van der Waals surface area contributed by atoms with E-state index in [1.807, 2.05) is 0 Å². The van der Waals surface area contributed by atoms with Gasteiger partial charge in [-0.05, 0) is 12.8 Å². The Kier molecular flexibility index (Phi) is 4.08. The average molecular weight is 236 g/mol. The summed E-state index contributed by atoms with van der Waals surface area (Å²) in [4.78, 5) is 35.6. The molecule has 3 nitrogen and oxygen atoms in total. The number of Topliss-reactive ketones (excluding diaryl/α,β-unsaturated/α-hetero) is 3. The van der Waals surface area contributed by atoms with Crippen molar-refractivity contribution in [2.24, 2.45) is 11.8 Å². The second kappa shape index (κ2) is 5.56. The zero-order valence-corrected chi connectivity index (χ0v) is 10.2. The van der Waals surface area contributed by atoms with Crippen LogP contribution in [-0.2, 0) is 14.4 Å². The van der Waals surface area contributed by atoms with Crippen LogP contribution in [0.1, 0.15) is 57.8 Å². The fourth-order valence-electron chi connectivity index (χ4n) is 2.99. The molecule has 0 radical (unpaired) electrons. The molecule has 2 aliphatic rings. The first-order chi connectivity index (χ1) is 8.20. The number of carbonyl (C=O) groups excluding carboxylic acids is 3. The smallest absolute Gasteiger partial charge is 0.153 e. The SMILES string of the molecule is O=C1CC(=O)C2CCCCCCCCC1C2=O. The molecule has 3 heteroatoms. The summed E-state index contributed by atoms with van der Waals surface area (Å²) in [5, 5.41) is 0. The van der Waals surface area contributed by atoms with E-state index >= 15 is 0 Å². The Balaban J connectivity index is 2.13. The largest absolute Gasteiger partial charge is 0.298 e. The number of rotatable bonds is 0. The van der Waals surface area contributed by atoms with Crippen molar-refractivity contribution >= 4 is 17.3 Å². The van der Waals surface area contributed by atoms with Gasteiger partial charge in [-0.1, -0.05) is 38.5 Å². The highest BCUT2D eigenvalue weighted by Crippen LogP contribution is 2.29. The highest BCUT2D eigenvalue weighted by Gasteiger charge is 2.41. The molecule has 0 N–H and O–H groups in total. The van der Waals surface area contributed by atoms with Crippen LogP contribution in [0.15, 0.2) is 0 Å². The van der Waals surface area contributed by atoms with Gasteiger partial charge in [0.1, 0.15) is 0 Å². The second-order valence-electron chi connectivity index (χ2n) is 5.32. The minimum absolute atomic E-state index is 0.00106. The molecule has 0 aromatic heterocycles. The first-order valence-electron chi connectivity index (χ1n) is 6.79. The maximum Gasteiger partial charge on any atom is 0.153 e. The summed E-state index contributed by atoms with van der Waals surface area (Å²) in [7, 11) is 0. The highest BCUT2D eigenvalue weighted by molar-refractivity contribution is 6.22. The topological polar surface area (TPSA) is 51.2 Å². The maximum absolute atomic E-state index is 12.1. The van der Waals surface area contributed by atoms with Gasteiger partial charge in [-0.2, -0.15) is 0 Å². The van der Waals surface area contributed by atoms with Crippen molar-refractivity contribution in [1.29, 1.82) is 0 Å². The van der Waals surface area contributed by atoms with Gasteiger partial charge in [0.05, 0.1) is 18.3 Å². The molecule has 2 aliphatic carbocycles. The van der Waals surface area contributed by atoms with Gasteiger partial charge in [0.25, 0.3) is 0 Å². The molecule has 17 heavy (non-hydrogen) atoms. The number of ketones is 3. The molecule has 0 amide bonds. The first-order valence-corrected chi connectivity index (χ1v) is 6.79. The van der Waals surface area contributed by atoms with Gasteiger partial charge in [0, 0.05) is 0 Å². The third-order valence-electron chi connectivity index (χ3n) is 4.05. The third-order valence-corrected chi connectivity index (χ3v) is 4.05. The van der Waals surface area contributed by atoms with Gasteiger partial charge in [0.15, 0.2) is 17.3 Å². The van der Waals surface area contributed by atoms with Gasteiger partial charge < -0.3 is 0 Å². The van der Waals surface area contributed by atoms with Gasteiger partial charge in [-0.3, -0.25) is 14.4 Å². The lowest BCUT2D eigenvalue weighted by Gasteiger charge is -2.25. The average Bonchev–Trinajstić information content (AvgIpc) is 2.31. The number of hydrogen-bond acceptors (Lipinski definition) is 3. The Morgan fingerprint density at radius 2 is 1.06 bits per heavy atom. The molecular formula is C14H20O3. The summed E-state index contributed by atoms with van der Waals surface area (Å²) in [6, 6.07) is 0. The van der Waals surface area contributed by atoms with Crippen LogP contribution >= 0.6 is 0 Å². The fraction of sp³-hybridized carbons (Fsp3) is 0.786. The minimum Gasteiger partial charge on any atom is -0.298 e. The lowest BCUT2D eigenvalue weighted by atomic mass is 9.74. The van der Waals surface area contributed by atoms with Crippen LogP contribution in [0.4, 0.5) is 0 Å². The molecule has 2 atom stereocenters. The fourth-order valence-corrected chi connectivity index (χ4v) is 2.99. The van der Waals surface area contributed by atoms with Crippen LogP contribution in [-0.4, -0.2) is 17.3 Å². The Morgan fingerprint density at radius 1 is 0.647 bits per heavy atom. The molecule has 0 aliphatic heterocycles. The quantitative estimate of drug-likeness (QED) is 0.607. The predicted octanol–water partition coefficient (Wildman–Crippen LogP) is 2.46. The van der Waals surface area contributed by atoms with Crippen molar-refractivity contribution < 1.29 is 14.4 Å². The van der Waals surface area contributed by atoms with Crippen molar-refractivity contribution in [2.75, 3.05) is 0 Å². The second-order valence-corrected chi connectivity index (χ2v) is 5.32. The number of hydrogen-bond donors (Lipinski definition) is 0. The minimum atomic E-state index is -0.462. The zero-order valence-electron chi connectivity index (χ0n) is 10.2. The predicted molar refractivity (Wildman–Crippen MR) is 63.6 cm³/mol. The first kappa shape index (κ1) is 12.5. The molecule has 2 rings (SSSR count). The summed E-state index contributed by atoms with van der Waals surface area (Å²) >= 11 is 0. The molecule has 2 fully saturated rings. The molecule has 0 spiro atoms. The van der Waals surface area contributed by atoms with Crippen molar-refractivity contribution in [3.63, 3.8) is 0 Å². The van der Waals surface area contributed by atoms with Crippen molar-refractivity contribution in [1.82, 2.24) is 0 Å². The van der Waals surface area contributed by atoms with E-state index in [2.05, 4.69) is 0 Å². The summed E-state index contributed by atoms with van der Waals surface area (Å²) in [6.45, 7) is 0. The lowest BCUT2D eigenvalue weighted by Crippen LogP contribution is -2.41. The molecule has 2 unspecified atom stereocenters. The molecular weight excluding hydrogens is 216 g/mol. The zero-order chi connectivity index (χ0) is 12.3. The molecule has 0 heterocycles. The Hall–Kier alpha value is -0.990. The van der Waals surface area contributed by atoms with Crippen molar-refractivity contribution in [3.05, 3.63) is 0 Å². The molecule has 0 aromatic carbocycles. The Labute approximate surface area is 102 Å². The van der Waals surface area contributed by atoms with Crippen LogP contribution in [0.5, 0.6) is 0 Å². The normalized spacial score (nSPS) is 32.1. The number of fused-ring (bicyclic) bond motifs is 2. The molecule has 0 aromatic rings. The van der Waals surface area contributed by atoms with Gasteiger partial charge in [-0.25, -0.2) is 0 Å². The maximum atomic E-state index is 12.1. The van der Waals surface area contributed by atoms with Crippen molar-refractivity contribution in [3.8, 4) is 0 Å². The summed E-state index contributed by atoms with van der Waals surface area (Å²) in [5.41, 5.74) is 0. The molecule has 2 bridgehead atoms. The molecule has 2 saturated carbocycles.